The van der Waals surface area contributed by atoms with Gasteiger partial charge in [-0.15, -0.1) is 0 Å². The summed E-state index contributed by atoms with van der Waals surface area (Å²) in [5.74, 6) is 0.253. The standard InChI is InChI=1S/C8H7N3OS/c12-7-3-1-6(2-4-7)11-8-9-5-10-13-8/h1-5,12H,(H,9,10,11). The molecule has 0 saturated heterocycles. The summed E-state index contributed by atoms with van der Waals surface area (Å²) in [6.45, 7) is 0. The topological polar surface area (TPSA) is 58.0 Å². The number of phenols is 1. The van der Waals surface area contributed by atoms with Gasteiger partial charge in [0, 0.05) is 17.2 Å². The van der Waals surface area contributed by atoms with Crippen molar-refractivity contribution in [1.82, 2.24) is 9.36 Å². The number of benzene rings is 1. The Kier molecular flexibility index (Phi) is 2.09. The van der Waals surface area contributed by atoms with Crippen molar-refractivity contribution in [2.24, 2.45) is 0 Å². The molecule has 13 heavy (non-hydrogen) atoms. The highest BCUT2D eigenvalue weighted by Crippen LogP contribution is 2.19. The van der Waals surface area contributed by atoms with Crippen LogP contribution in [0.15, 0.2) is 30.6 Å². The average Bonchev–Trinajstić information content (AvgIpc) is 2.62. The average molecular weight is 193 g/mol. The van der Waals surface area contributed by atoms with Gasteiger partial charge < -0.3 is 10.4 Å². The zero-order valence-corrected chi connectivity index (χ0v) is 7.45. The Morgan fingerprint density at radius 1 is 1.23 bits per heavy atom. The van der Waals surface area contributed by atoms with Crippen LogP contribution in [-0.2, 0) is 0 Å². The minimum absolute atomic E-state index is 0.253. The minimum atomic E-state index is 0.253. The lowest BCUT2D eigenvalue weighted by Crippen LogP contribution is -1.87. The SMILES string of the molecule is Oc1ccc(Nc2ncns2)cc1. The normalized spacial score (nSPS) is 9.85. The van der Waals surface area contributed by atoms with E-state index in [-0.39, 0.29) is 5.75 Å². The summed E-state index contributed by atoms with van der Waals surface area (Å²) in [5, 5.41) is 12.8. The molecule has 4 nitrogen and oxygen atoms in total. The van der Waals surface area contributed by atoms with Crippen LogP contribution in [-0.4, -0.2) is 14.5 Å². The summed E-state index contributed by atoms with van der Waals surface area (Å²) in [4.78, 5) is 3.97. The van der Waals surface area contributed by atoms with Gasteiger partial charge in [-0.2, -0.15) is 4.37 Å². The largest absolute Gasteiger partial charge is 0.508 e. The van der Waals surface area contributed by atoms with Gasteiger partial charge in [0.2, 0.25) is 5.13 Å². The molecular formula is C8H7N3OS. The molecule has 0 atom stereocenters. The predicted octanol–water partition coefficient (Wildman–Crippen LogP) is 1.99. The van der Waals surface area contributed by atoms with Gasteiger partial charge in [0.15, 0.2) is 0 Å². The van der Waals surface area contributed by atoms with Crippen LogP contribution >= 0.6 is 11.5 Å². The molecule has 0 spiro atoms. The maximum absolute atomic E-state index is 9.03. The van der Waals surface area contributed by atoms with E-state index in [2.05, 4.69) is 14.7 Å². The molecular weight excluding hydrogens is 186 g/mol. The second-order valence-corrected chi connectivity index (χ2v) is 3.20. The first-order valence-electron chi connectivity index (χ1n) is 3.67. The van der Waals surface area contributed by atoms with Crippen molar-refractivity contribution in [1.29, 1.82) is 0 Å². The number of aromatic hydroxyl groups is 1. The molecule has 1 heterocycles. The number of nitrogens with one attached hydrogen (secondary N) is 1. The molecule has 0 saturated carbocycles. The molecule has 1 aromatic heterocycles. The number of hydrogen-bond acceptors (Lipinski definition) is 5. The van der Waals surface area contributed by atoms with Crippen molar-refractivity contribution in [2.75, 3.05) is 5.32 Å². The molecule has 0 amide bonds. The first kappa shape index (κ1) is 8.00. The first-order valence-corrected chi connectivity index (χ1v) is 4.45. The number of rotatable bonds is 2. The zero-order chi connectivity index (χ0) is 9.10. The van der Waals surface area contributed by atoms with E-state index in [0.29, 0.717) is 0 Å². The maximum Gasteiger partial charge on any atom is 0.206 e. The van der Waals surface area contributed by atoms with E-state index >= 15 is 0 Å². The van der Waals surface area contributed by atoms with Crippen molar-refractivity contribution in [2.45, 2.75) is 0 Å². The van der Waals surface area contributed by atoms with Gasteiger partial charge in [0.05, 0.1) is 0 Å². The first-order chi connectivity index (χ1) is 6.34. The highest BCUT2D eigenvalue weighted by atomic mass is 32.1. The summed E-state index contributed by atoms with van der Waals surface area (Å²) >= 11 is 1.29. The third kappa shape index (κ3) is 1.94. The second kappa shape index (κ2) is 3.40. The zero-order valence-electron chi connectivity index (χ0n) is 6.64. The molecule has 0 aliphatic heterocycles. The fraction of sp³-hybridized carbons (Fsp3) is 0. The van der Waals surface area contributed by atoms with Crippen molar-refractivity contribution in [3.05, 3.63) is 30.6 Å². The third-order valence-electron chi connectivity index (χ3n) is 1.48. The molecule has 2 rings (SSSR count). The van der Waals surface area contributed by atoms with E-state index in [4.69, 9.17) is 5.11 Å². The molecule has 0 radical (unpaired) electrons. The summed E-state index contributed by atoms with van der Waals surface area (Å²) in [7, 11) is 0. The fourth-order valence-electron chi connectivity index (χ4n) is 0.896. The molecule has 1 aromatic carbocycles. The predicted molar refractivity (Wildman–Crippen MR) is 51.3 cm³/mol. The Bertz CT molecular complexity index is 371. The Morgan fingerprint density at radius 2 is 2.00 bits per heavy atom. The lowest BCUT2D eigenvalue weighted by Gasteiger charge is -2.00. The van der Waals surface area contributed by atoms with E-state index in [0.717, 1.165) is 10.8 Å². The van der Waals surface area contributed by atoms with E-state index in [1.165, 1.54) is 17.9 Å². The van der Waals surface area contributed by atoms with Gasteiger partial charge >= 0.3 is 0 Å². The molecule has 0 fully saturated rings. The van der Waals surface area contributed by atoms with E-state index in [9.17, 15) is 0 Å². The van der Waals surface area contributed by atoms with E-state index < -0.39 is 0 Å². The molecule has 0 aliphatic carbocycles. The van der Waals surface area contributed by atoms with Crippen LogP contribution in [0.1, 0.15) is 0 Å². The quantitative estimate of drug-likeness (QED) is 0.716. The monoisotopic (exact) mass is 193 g/mol. The van der Waals surface area contributed by atoms with Crippen LogP contribution in [0, 0.1) is 0 Å². The maximum atomic E-state index is 9.03. The number of anilines is 2. The summed E-state index contributed by atoms with van der Waals surface area (Å²) in [6.07, 6.45) is 1.49. The van der Waals surface area contributed by atoms with Crippen LogP contribution in [0.25, 0.3) is 0 Å². The van der Waals surface area contributed by atoms with Gasteiger partial charge in [-0.3, -0.25) is 0 Å². The highest BCUT2D eigenvalue weighted by Gasteiger charge is 1.96. The second-order valence-electron chi connectivity index (χ2n) is 2.42. The minimum Gasteiger partial charge on any atom is -0.508 e. The molecule has 0 unspecified atom stereocenters. The van der Waals surface area contributed by atoms with Crippen LogP contribution in [0.3, 0.4) is 0 Å². The van der Waals surface area contributed by atoms with Gasteiger partial charge in [-0.1, -0.05) is 0 Å². The summed E-state index contributed by atoms with van der Waals surface area (Å²) in [6, 6.07) is 6.78. The Balaban J connectivity index is 2.15. The molecule has 5 heteroatoms. The smallest absolute Gasteiger partial charge is 0.206 e. The van der Waals surface area contributed by atoms with Crippen LogP contribution in [0.5, 0.6) is 5.75 Å². The lowest BCUT2D eigenvalue weighted by molar-refractivity contribution is 0.475. The molecule has 2 N–H and O–H groups in total. The highest BCUT2D eigenvalue weighted by molar-refractivity contribution is 7.09. The molecule has 0 bridgehead atoms. The van der Waals surface area contributed by atoms with Crippen molar-refractivity contribution in [3.63, 3.8) is 0 Å². The van der Waals surface area contributed by atoms with Crippen LogP contribution in [0.2, 0.25) is 0 Å². The van der Waals surface area contributed by atoms with Gasteiger partial charge in [-0.25, -0.2) is 4.98 Å². The Morgan fingerprint density at radius 3 is 2.62 bits per heavy atom. The van der Waals surface area contributed by atoms with Crippen molar-refractivity contribution >= 4 is 22.4 Å². The molecule has 66 valence electrons. The molecule has 0 aliphatic rings. The number of aromatic nitrogens is 2. The Hall–Kier alpha value is -1.62. The van der Waals surface area contributed by atoms with E-state index in [1.807, 2.05) is 0 Å². The number of nitrogens with zero attached hydrogens (tertiary/aromatic N) is 2. The van der Waals surface area contributed by atoms with Crippen LogP contribution < -0.4 is 5.32 Å². The van der Waals surface area contributed by atoms with Crippen molar-refractivity contribution < 1.29 is 5.11 Å². The fourth-order valence-corrected chi connectivity index (χ4v) is 1.35. The van der Waals surface area contributed by atoms with Crippen molar-refractivity contribution in [3.8, 4) is 5.75 Å². The van der Waals surface area contributed by atoms with Gasteiger partial charge in [0.25, 0.3) is 0 Å². The molecule has 2 aromatic rings. The van der Waals surface area contributed by atoms with Gasteiger partial charge in [0.1, 0.15) is 12.1 Å². The summed E-state index contributed by atoms with van der Waals surface area (Å²) < 4.78 is 3.85. The number of phenolic OH excluding ortho intramolecular Hbond substituents is 1. The summed E-state index contributed by atoms with van der Waals surface area (Å²) in [5.41, 5.74) is 0.884. The third-order valence-corrected chi connectivity index (χ3v) is 2.06. The van der Waals surface area contributed by atoms with Gasteiger partial charge in [-0.05, 0) is 24.3 Å². The number of hydrogen-bond donors (Lipinski definition) is 2. The van der Waals surface area contributed by atoms with E-state index in [1.54, 1.807) is 24.3 Å². The lowest BCUT2D eigenvalue weighted by atomic mass is 10.3. The van der Waals surface area contributed by atoms with Crippen LogP contribution in [0.4, 0.5) is 10.8 Å². The Labute approximate surface area is 79.1 Å².